The van der Waals surface area contributed by atoms with Gasteiger partial charge in [0.25, 0.3) is 0 Å². The molecule has 1 N–H and O–H groups in total. The van der Waals surface area contributed by atoms with Crippen molar-refractivity contribution in [2.24, 2.45) is 0 Å². The van der Waals surface area contributed by atoms with Crippen LogP contribution in [0.4, 0.5) is 5.69 Å². The van der Waals surface area contributed by atoms with Crippen molar-refractivity contribution in [1.29, 1.82) is 0 Å². The Morgan fingerprint density at radius 2 is 1.76 bits per heavy atom. The number of nitrogens with zero attached hydrogens (tertiary/aromatic N) is 2. The minimum absolute atomic E-state index is 0.0579. The molecule has 2 aromatic rings. The number of aryl methyl sites for hydroxylation is 1. The van der Waals surface area contributed by atoms with Crippen molar-refractivity contribution in [2.75, 3.05) is 23.7 Å². The molecule has 0 spiro atoms. The molecule has 7 nitrogen and oxygen atoms in total. The largest absolute Gasteiger partial charge is 0.355 e. The molecule has 0 bridgehead atoms. The molecule has 34 heavy (non-hydrogen) atoms. The highest BCUT2D eigenvalue weighted by molar-refractivity contribution is 9.10. The number of carbonyl (C=O) groups is 2. The number of likely N-dealkylation sites (N-methyl/N-ethyl adjacent to an activating group) is 1. The zero-order chi connectivity index (χ0) is 25.6. The molecular formula is C23H28BrCl2N3O4S. The van der Waals surface area contributed by atoms with E-state index in [4.69, 9.17) is 23.2 Å². The molecule has 0 aromatic heterocycles. The van der Waals surface area contributed by atoms with Crippen molar-refractivity contribution in [3.63, 3.8) is 0 Å². The van der Waals surface area contributed by atoms with Crippen molar-refractivity contribution in [2.45, 2.75) is 39.8 Å². The van der Waals surface area contributed by atoms with Gasteiger partial charge in [0.2, 0.25) is 21.8 Å². The number of halogens is 3. The molecule has 11 heteroatoms. The fourth-order valence-electron chi connectivity index (χ4n) is 3.44. The van der Waals surface area contributed by atoms with Gasteiger partial charge in [-0.05, 0) is 61.7 Å². The summed E-state index contributed by atoms with van der Waals surface area (Å²) in [4.78, 5) is 27.7. The van der Waals surface area contributed by atoms with Gasteiger partial charge < -0.3 is 10.2 Å². The van der Waals surface area contributed by atoms with Crippen LogP contribution >= 0.6 is 39.1 Å². The number of amides is 2. The molecule has 2 amide bonds. The summed E-state index contributed by atoms with van der Waals surface area (Å²) >= 11 is 15.6. The molecule has 0 aliphatic carbocycles. The summed E-state index contributed by atoms with van der Waals surface area (Å²) in [7, 11) is -3.79. The Balaban J connectivity index is 2.47. The molecule has 0 unspecified atom stereocenters. The molecule has 2 rings (SSSR count). The topological polar surface area (TPSA) is 86.8 Å². The number of rotatable bonds is 10. The lowest BCUT2D eigenvalue weighted by Gasteiger charge is -2.33. The fourth-order valence-corrected chi connectivity index (χ4v) is 4.85. The van der Waals surface area contributed by atoms with Crippen LogP contribution in [-0.2, 0) is 26.2 Å². The zero-order valence-corrected chi connectivity index (χ0v) is 23.4. The Morgan fingerprint density at radius 3 is 2.29 bits per heavy atom. The normalized spacial score (nSPS) is 12.2. The number of sulfonamides is 1. The summed E-state index contributed by atoms with van der Waals surface area (Å²) in [5.41, 5.74) is 1.84. The minimum atomic E-state index is -3.79. The molecule has 0 fully saturated rings. The second-order valence-electron chi connectivity index (χ2n) is 7.79. The van der Waals surface area contributed by atoms with Crippen molar-refractivity contribution >= 4 is 66.7 Å². The van der Waals surface area contributed by atoms with Gasteiger partial charge in [0.1, 0.15) is 12.6 Å². The number of hydrogen-bond acceptors (Lipinski definition) is 4. The van der Waals surface area contributed by atoms with Gasteiger partial charge in [-0.25, -0.2) is 8.42 Å². The summed E-state index contributed by atoms with van der Waals surface area (Å²) in [6.45, 7) is 5.41. The average Bonchev–Trinajstić information content (AvgIpc) is 2.75. The van der Waals surface area contributed by atoms with Crippen LogP contribution in [0.1, 0.15) is 31.4 Å². The Kier molecular flexibility index (Phi) is 10.2. The van der Waals surface area contributed by atoms with E-state index in [1.54, 1.807) is 50.2 Å². The van der Waals surface area contributed by atoms with Crippen LogP contribution in [0.5, 0.6) is 0 Å². The van der Waals surface area contributed by atoms with Crippen LogP contribution in [-0.4, -0.2) is 50.5 Å². The smallest absolute Gasteiger partial charge is 0.244 e. The summed E-state index contributed by atoms with van der Waals surface area (Å²) in [5.74, 6) is -0.834. The zero-order valence-electron chi connectivity index (χ0n) is 19.4. The van der Waals surface area contributed by atoms with Crippen molar-refractivity contribution < 1.29 is 18.0 Å². The van der Waals surface area contributed by atoms with Crippen LogP contribution < -0.4 is 9.62 Å². The number of nitrogens with one attached hydrogen (secondary N) is 1. The van der Waals surface area contributed by atoms with Crippen molar-refractivity contribution in [1.82, 2.24) is 10.2 Å². The summed E-state index contributed by atoms with van der Waals surface area (Å²) in [5, 5.41) is 3.44. The Hall–Kier alpha value is -1.81. The predicted molar refractivity (Wildman–Crippen MR) is 141 cm³/mol. The molecule has 0 aliphatic rings. The van der Waals surface area contributed by atoms with E-state index in [9.17, 15) is 18.0 Å². The Labute approximate surface area is 219 Å². The van der Waals surface area contributed by atoms with Gasteiger partial charge in [-0.1, -0.05) is 52.1 Å². The number of benzene rings is 2. The van der Waals surface area contributed by atoms with Crippen LogP contribution in [0.3, 0.4) is 0 Å². The highest BCUT2D eigenvalue weighted by Gasteiger charge is 2.31. The average molecular weight is 593 g/mol. The van der Waals surface area contributed by atoms with Gasteiger partial charge in [0, 0.05) is 17.6 Å². The third-order valence-electron chi connectivity index (χ3n) is 5.18. The summed E-state index contributed by atoms with van der Waals surface area (Å²) < 4.78 is 27.1. The van der Waals surface area contributed by atoms with Gasteiger partial charge in [-0.2, -0.15) is 0 Å². The summed E-state index contributed by atoms with van der Waals surface area (Å²) in [6, 6.07) is 9.19. The lowest BCUT2D eigenvalue weighted by Crippen LogP contribution is -2.52. The molecular weight excluding hydrogens is 565 g/mol. The Morgan fingerprint density at radius 1 is 1.09 bits per heavy atom. The lowest BCUT2D eigenvalue weighted by molar-refractivity contribution is -0.140. The van der Waals surface area contributed by atoms with E-state index in [1.807, 2.05) is 6.92 Å². The quantitative estimate of drug-likeness (QED) is 0.430. The SMILES string of the molecule is CCNC(=O)[C@H](CC)N(Cc1ccc(Cl)c(Cl)c1)C(=O)CN(c1ccc(Br)c(C)c1)S(C)(=O)=O. The third-order valence-corrected chi connectivity index (χ3v) is 7.95. The van der Waals surface area contributed by atoms with Crippen LogP contribution in [0.25, 0.3) is 0 Å². The summed E-state index contributed by atoms with van der Waals surface area (Å²) in [6.07, 6.45) is 1.39. The van der Waals surface area contributed by atoms with E-state index in [-0.39, 0.29) is 12.5 Å². The standard InChI is InChI=1S/C23H28BrCl2N3O4S/c1-5-21(23(31)27-6-2)28(13-16-7-10-19(25)20(26)12-16)22(30)14-29(34(4,32)33)17-8-9-18(24)15(3)11-17/h7-12,21H,5-6,13-14H2,1-4H3,(H,27,31)/t21-/m0/s1. The first-order chi connectivity index (χ1) is 15.9. The molecule has 186 valence electrons. The maximum atomic E-state index is 13.6. The fraction of sp³-hybridized carbons (Fsp3) is 0.391. The van der Waals surface area contributed by atoms with Gasteiger partial charge in [0.05, 0.1) is 22.0 Å². The molecule has 0 saturated carbocycles. The van der Waals surface area contributed by atoms with Crippen molar-refractivity contribution in [3.8, 4) is 0 Å². The maximum absolute atomic E-state index is 13.6. The van der Waals surface area contributed by atoms with Gasteiger partial charge in [0.15, 0.2) is 0 Å². The third kappa shape index (κ3) is 7.34. The van der Waals surface area contributed by atoms with E-state index in [2.05, 4.69) is 21.2 Å². The van der Waals surface area contributed by atoms with E-state index >= 15 is 0 Å². The van der Waals surface area contributed by atoms with Crippen LogP contribution in [0.15, 0.2) is 40.9 Å². The van der Waals surface area contributed by atoms with Gasteiger partial charge in [-0.15, -0.1) is 0 Å². The van der Waals surface area contributed by atoms with Gasteiger partial charge >= 0.3 is 0 Å². The van der Waals surface area contributed by atoms with Crippen LogP contribution in [0, 0.1) is 6.92 Å². The molecule has 0 radical (unpaired) electrons. The lowest BCUT2D eigenvalue weighted by atomic mass is 10.1. The number of hydrogen-bond donors (Lipinski definition) is 1. The van der Waals surface area contributed by atoms with E-state index in [0.29, 0.717) is 34.3 Å². The molecule has 0 aliphatic heterocycles. The first kappa shape index (κ1) is 28.4. The number of carbonyl (C=O) groups excluding carboxylic acids is 2. The molecule has 0 heterocycles. The molecule has 0 saturated heterocycles. The molecule has 2 aromatic carbocycles. The van der Waals surface area contributed by atoms with E-state index in [1.165, 1.54) is 4.90 Å². The maximum Gasteiger partial charge on any atom is 0.244 e. The van der Waals surface area contributed by atoms with E-state index in [0.717, 1.165) is 20.6 Å². The second kappa shape index (κ2) is 12.2. The number of anilines is 1. The van der Waals surface area contributed by atoms with E-state index < -0.39 is 28.5 Å². The van der Waals surface area contributed by atoms with Gasteiger partial charge in [-0.3, -0.25) is 13.9 Å². The first-order valence-electron chi connectivity index (χ1n) is 10.6. The first-order valence-corrected chi connectivity index (χ1v) is 14.0. The minimum Gasteiger partial charge on any atom is -0.355 e. The monoisotopic (exact) mass is 591 g/mol. The second-order valence-corrected chi connectivity index (χ2v) is 11.4. The van der Waals surface area contributed by atoms with Crippen molar-refractivity contribution in [3.05, 3.63) is 62.0 Å². The highest BCUT2D eigenvalue weighted by atomic mass is 79.9. The Bertz CT molecular complexity index is 1160. The van der Waals surface area contributed by atoms with Crippen LogP contribution in [0.2, 0.25) is 10.0 Å². The molecule has 1 atom stereocenters. The predicted octanol–water partition coefficient (Wildman–Crippen LogP) is 4.77. The highest BCUT2D eigenvalue weighted by Crippen LogP contribution is 2.26.